The van der Waals surface area contributed by atoms with E-state index in [4.69, 9.17) is 18.9 Å². The minimum Gasteiger partial charge on any atom is -0.360 e. The Kier molecular flexibility index (Phi) is 16.9. The van der Waals surface area contributed by atoms with Crippen molar-refractivity contribution in [2.24, 2.45) is 0 Å². The van der Waals surface area contributed by atoms with Gasteiger partial charge < -0.3 is 28.7 Å². The summed E-state index contributed by atoms with van der Waals surface area (Å²) in [7, 11) is 0. The van der Waals surface area contributed by atoms with Crippen LogP contribution in [0, 0.1) is 0 Å². The second-order valence-corrected chi connectivity index (χ2v) is 10.8. The van der Waals surface area contributed by atoms with E-state index >= 15 is 0 Å². The van der Waals surface area contributed by atoms with Crippen LogP contribution in [-0.4, -0.2) is 52.1 Å². The second-order valence-electron chi connectivity index (χ2n) is 10.8. The molecule has 0 bridgehead atoms. The topological polar surface area (TPSA) is 43.4 Å². The van der Waals surface area contributed by atoms with Crippen molar-refractivity contribution in [2.45, 2.75) is 66.2 Å². The number of ether oxygens (including phenoxy) is 4. The van der Waals surface area contributed by atoms with Crippen LogP contribution in [0.5, 0.6) is 0 Å². The Morgan fingerprint density at radius 1 is 0.413 bits per heavy atom. The van der Waals surface area contributed by atoms with Gasteiger partial charge in [0.25, 0.3) is 0 Å². The summed E-state index contributed by atoms with van der Waals surface area (Å²) < 4.78 is 23.0. The first-order valence-corrected chi connectivity index (χ1v) is 16.7. The van der Waals surface area contributed by atoms with Gasteiger partial charge in [0, 0.05) is 37.8 Å². The molecule has 0 radical (unpaired) electrons. The summed E-state index contributed by atoms with van der Waals surface area (Å²) in [5.74, 6) is 0. The molecule has 0 saturated heterocycles. The molecule has 6 nitrogen and oxygen atoms in total. The highest BCUT2D eigenvalue weighted by atomic mass is 16.7. The molecule has 0 fully saturated rings. The van der Waals surface area contributed by atoms with E-state index in [2.05, 4.69) is 121 Å². The smallest absolute Gasteiger partial charge is 0.174 e. The molecule has 4 aromatic carbocycles. The molecule has 0 aliphatic rings. The van der Waals surface area contributed by atoms with Crippen molar-refractivity contribution in [3.8, 4) is 0 Å². The highest BCUT2D eigenvalue weighted by Crippen LogP contribution is 2.28. The van der Waals surface area contributed by atoms with E-state index in [1.54, 1.807) is 0 Å². The maximum absolute atomic E-state index is 5.76. The molecule has 0 heterocycles. The summed E-state index contributed by atoms with van der Waals surface area (Å²) in [6, 6.07) is 42.4. The molecule has 0 aliphatic carbocycles. The molecule has 4 rings (SSSR count). The van der Waals surface area contributed by atoms with Crippen molar-refractivity contribution in [1.82, 2.24) is 0 Å². The van der Waals surface area contributed by atoms with Gasteiger partial charge >= 0.3 is 0 Å². The second kappa shape index (κ2) is 21.2. The van der Waals surface area contributed by atoms with Crippen LogP contribution in [-0.2, 0) is 18.9 Å². The third kappa shape index (κ3) is 11.9. The summed E-state index contributed by atoms with van der Waals surface area (Å²) in [6.07, 6.45) is -0.451. The van der Waals surface area contributed by atoms with Crippen molar-refractivity contribution >= 4 is 11.4 Å². The van der Waals surface area contributed by atoms with Gasteiger partial charge in [0.2, 0.25) is 0 Å². The molecule has 0 amide bonds. The summed E-state index contributed by atoms with van der Waals surface area (Å²) in [5.41, 5.74) is 4.91. The zero-order valence-electron chi connectivity index (χ0n) is 28.6. The molecule has 46 heavy (non-hydrogen) atoms. The molecule has 0 spiro atoms. The molecular weight excluding hydrogens is 572 g/mol. The SMILES string of the molecule is CCOC(CN(c1ccccc1)C(C)c1ccccc1)OCC.CCOC(CN(c1ccccc1)C(C)c1ccccc1)OCC. The van der Waals surface area contributed by atoms with Gasteiger partial charge in [-0.1, -0.05) is 97.1 Å². The minimum absolute atomic E-state index is 0.226. The maximum Gasteiger partial charge on any atom is 0.174 e. The van der Waals surface area contributed by atoms with Crippen LogP contribution in [0.4, 0.5) is 11.4 Å². The monoisotopic (exact) mass is 626 g/mol. The van der Waals surface area contributed by atoms with E-state index in [1.807, 2.05) is 52.0 Å². The Bertz CT molecular complexity index is 1180. The summed E-state index contributed by atoms with van der Waals surface area (Å²) in [5, 5.41) is 0. The van der Waals surface area contributed by atoms with Crippen LogP contribution in [0.3, 0.4) is 0 Å². The molecule has 2 atom stereocenters. The van der Waals surface area contributed by atoms with Gasteiger partial charge in [-0.15, -0.1) is 0 Å². The number of nitrogens with zero attached hydrogens (tertiary/aromatic N) is 2. The third-order valence-corrected chi connectivity index (χ3v) is 7.78. The number of rotatable bonds is 18. The highest BCUT2D eigenvalue weighted by Gasteiger charge is 2.22. The van der Waals surface area contributed by atoms with E-state index in [0.29, 0.717) is 39.5 Å². The lowest BCUT2D eigenvalue weighted by atomic mass is 10.1. The van der Waals surface area contributed by atoms with Crippen molar-refractivity contribution in [3.63, 3.8) is 0 Å². The number of hydrogen-bond acceptors (Lipinski definition) is 6. The number of benzene rings is 4. The van der Waals surface area contributed by atoms with Crippen molar-refractivity contribution < 1.29 is 18.9 Å². The highest BCUT2D eigenvalue weighted by molar-refractivity contribution is 5.49. The van der Waals surface area contributed by atoms with Gasteiger partial charge in [-0.05, 0) is 76.9 Å². The van der Waals surface area contributed by atoms with Gasteiger partial charge in [-0.25, -0.2) is 0 Å². The van der Waals surface area contributed by atoms with E-state index in [9.17, 15) is 0 Å². The molecule has 0 N–H and O–H groups in total. The fourth-order valence-corrected chi connectivity index (χ4v) is 5.41. The maximum atomic E-state index is 5.76. The summed E-state index contributed by atoms with van der Waals surface area (Å²) >= 11 is 0. The largest absolute Gasteiger partial charge is 0.360 e. The minimum atomic E-state index is -0.226. The normalized spacial score (nSPS) is 12.3. The molecule has 4 aromatic rings. The van der Waals surface area contributed by atoms with Crippen LogP contribution >= 0.6 is 0 Å². The predicted molar refractivity (Wildman–Crippen MR) is 191 cm³/mol. The molecule has 0 saturated carbocycles. The molecule has 0 aliphatic heterocycles. The molecule has 248 valence electrons. The lowest BCUT2D eigenvalue weighted by Crippen LogP contribution is -2.37. The number of hydrogen-bond donors (Lipinski definition) is 0. The first-order chi connectivity index (χ1) is 22.5. The Morgan fingerprint density at radius 2 is 0.674 bits per heavy atom. The number of anilines is 2. The first kappa shape index (κ1) is 36.8. The Labute approximate surface area is 277 Å². The fraction of sp³-hybridized carbons (Fsp3) is 0.400. The van der Waals surface area contributed by atoms with Gasteiger partial charge in [0.1, 0.15) is 0 Å². The predicted octanol–water partition coefficient (Wildman–Crippen LogP) is 9.31. The van der Waals surface area contributed by atoms with Crippen molar-refractivity contribution in [1.29, 1.82) is 0 Å². The van der Waals surface area contributed by atoms with Gasteiger partial charge in [-0.3, -0.25) is 0 Å². The molecule has 2 unspecified atom stereocenters. The quantitative estimate of drug-likeness (QED) is 0.103. The van der Waals surface area contributed by atoms with E-state index in [0.717, 1.165) is 0 Å². The lowest BCUT2D eigenvalue weighted by molar-refractivity contribution is -0.130. The molecule has 0 aromatic heterocycles. The first-order valence-electron chi connectivity index (χ1n) is 16.7. The van der Waals surface area contributed by atoms with E-state index in [1.165, 1.54) is 22.5 Å². The molecule has 6 heteroatoms. The van der Waals surface area contributed by atoms with Gasteiger partial charge in [0.05, 0.1) is 25.2 Å². The van der Waals surface area contributed by atoms with Crippen LogP contribution in [0.2, 0.25) is 0 Å². The van der Waals surface area contributed by atoms with Crippen molar-refractivity contribution in [3.05, 3.63) is 132 Å². The average molecular weight is 627 g/mol. The van der Waals surface area contributed by atoms with Crippen LogP contribution in [0.1, 0.15) is 64.8 Å². The van der Waals surface area contributed by atoms with Gasteiger partial charge in [0.15, 0.2) is 12.6 Å². The number of para-hydroxylation sites is 2. The summed E-state index contributed by atoms with van der Waals surface area (Å²) in [6.45, 7) is 16.4. The van der Waals surface area contributed by atoms with Crippen molar-refractivity contribution in [2.75, 3.05) is 49.3 Å². The van der Waals surface area contributed by atoms with E-state index in [-0.39, 0.29) is 24.7 Å². The lowest BCUT2D eigenvalue weighted by Gasteiger charge is -2.34. The Balaban J connectivity index is 0.000000250. The summed E-state index contributed by atoms with van der Waals surface area (Å²) in [4.78, 5) is 4.68. The Hall–Kier alpha value is -3.68. The standard InChI is InChI=1S/2C20H27NO2/c2*1-4-22-20(23-5-2)16-21(19-14-10-7-11-15-19)17(3)18-12-8-6-9-13-18/h2*6-15,17,20H,4-5,16H2,1-3H3. The third-order valence-electron chi connectivity index (χ3n) is 7.78. The Morgan fingerprint density at radius 3 is 0.935 bits per heavy atom. The van der Waals surface area contributed by atoms with E-state index < -0.39 is 0 Å². The average Bonchev–Trinajstić information content (AvgIpc) is 3.11. The zero-order chi connectivity index (χ0) is 33.0. The molecular formula is C40H54N2O4. The zero-order valence-corrected chi connectivity index (χ0v) is 28.6. The van der Waals surface area contributed by atoms with Gasteiger partial charge in [-0.2, -0.15) is 0 Å². The fourth-order valence-electron chi connectivity index (χ4n) is 5.41. The van der Waals surface area contributed by atoms with Crippen LogP contribution in [0.25, 0.3) is 0 Å². The van der Waals surface area contributed by atoms with Crippen LogP contribution in [0.15, 0.2) is 121 Å². The van der Waals surface area contributed by atoms with Crippen LogP contribution < -0.4 is 9.80 Å².